The van der Waals surface area contributed by atoms with Crippen molar-refractivity contribution in [1.29, 1.82) is 0 Å². The molecule has 0 bridgehead atoms. The van der Waals surface area contributed by atoms with Crippen LogP contribution in [0.3, 0.4) is 0 Å². The van der Waals surface area contributed by atoms with Crippen LogP contribution >= 0.6 is 0 Å². The fraction of sp³-hybridized carbons (Fsp3) is 0.417. The molecule has 16 heavy (non-hydrogen) atoms. The molecule has 4 heteroatoms. The minimum absolute atomic E-state index is 0.0304. The van der Waals surface area contributed by atoms with Gasteiger partial charge >= 0.3 is 0 Å². The molecule has 1 unspecified atom stereocenters. The van der Waals surface area contributed by atoms with Crippen LogP contribution in [-0.4, -0.2) is 18.5 Å². The van der Waals surface area contributed by atoms with Crippen molar-refractivity contribution in [3.63, 3.8) is 0 Å². The Morgan fingerprint density at radius 1 is 1.56 bits per heavy atom. The molecule has 1 aromatic carbocycles. The summed E-state index contributed by atoms with van der Waals surface area (Å²) in [4.78, 5) is 11.7. The molecule has 0 aliphatic rings. The van der Waals surface area contributed by atoms with E-state index in [0.717, 1.165) is 6.42 Å². The lowest BCUT2D eigenvalue weighted by Crippen LogP contribution is -2.34. The van der Waals surface area contributed by atoms with Gasteiger partial charge in [-0.2, -0.15) is 0 Å². The van der Waals surface area contributed by atoms with E-state index in [9.17, 15) is 9.18 Å². The van der Waals surface area contributed by atoms with E-state index in [1.54, 1.807) is 13.0 Å². The van der Waals surface area contributed by atoms with Crippen LogP contribution in [0.2, 0.25) is 0 Å². The molecule has 0 aromatic heterocycles. The Bertz CT molecular complexity index is 379. The molecule has 1 amide bonds. The Morgan fingerprint density at radius 3 is 2.81 bits per heavy atom. The highest BCUT2D eigenvalue weighted by Crippen LogP contribution is 2.09. The minimum Gasteiger partial charge on any atom is -0.350 e. The summed E-state index contributed by atoms with van der Waals surface area (Å²) in [6.07, 6.45) is 0.728. The molecule has 1 aromatic rings. The first kappa shape index (κ1) is 12.6. The fourth-order valence-electron chi connectivity index (χ4n) is 1.42. The number of carbonyl (C=O) groups excluding carboxylic acids is 1. The molecule has 0 saturated heterocycles. The minimum atomic E-state index is -0.299. The van der Waals surface area contributed by atoms with E-state index in [-0.39, 0.29) is 17.8 Å². The van der Waals surface area contributed by atoms with Gasteiger partial charge in [-0.1, -0.05) is 0 Å². The van der Waals surface area contributed by atoms with Crippen molar-refractivity contribution in [1.82, 2.24) is 5.32 Å². The number of amides is 1. The topological polar surface area (TPSA) is 55.1 Å². The van der Waals surface area contributed by atoms with Gasteiger partial charge in [0.15, 0.2) is 0 Å². The number of rotatable bonds is 4. The lowest BCUT2D eigenvalue weighted by Gasteiger charge is -2.12. The van der Waals surface area contributed by atoms with Crippen molar-refractivity contribution < 1.29 is 9.18 Å². The van der Waals surface area contributed by atoms with Crippen LogP contribution < -0.4 is 11.1 Å². The SMILES string of the molecule is Cc1cc(C(=O)NC(C)CCN)ccc1F. The van der Waals surface area contributed by atoms with Crippen LogP contribution in [-0.2, 0) is 0 Å². The summed E-state index contributed by atoms with van der Waals surface area (Å²) < 4.78 is 13.0. The third-order valence-corrected chi connectivity index (χ3v) is 2.40. The smallest absolute Gasteiger partial charge is 0.251 e. The van der Waals surface area contributed by atoms with Crippen LogP contribution in [0.1, 0.15) is 29.3 Å². The average molecular weight is 224 g/mol. The molecule has 0 saturated carbocycles. The molecular weight excluding hydrogens is 207 g/mol. The number of hydrogen-bond donors (Lipinski definition) is 2. The molecule has 0 fully saturated rings. The van der Waals surface area contributed by atoms with E-state index in [4.69, 9.17) is 5.73 Å². The first-order valence-electron chi connectivity index (χ1n) is 5.31. The predicted octanol–water partition coefficient (Wildman–Crippen LogP) is 1.60. The van der Waals surface area contributed by atoms with Gasteiger partial charge in [0, 0.05) is 11.6 Å². The van der Waals surface area contributed by atoms with Crippen molar-refractivity contribution in [2.75, 3.05) is 6.54 Å². The number of halogens is 1. The number of nitrogens with one attached hydrogen (secondary N) is 1. The zero-order chi connectivity index (χ0) is 12.1. The van der Waals surface area contributed by atoms with E-state index < -0.39 is 0 Å². The Labute approximate surface area is 94.8 Å². The standard InChI is InChI=1S/C12H17FN2O/c1-8-7-10(3-4-11(8)13)12(16)15-9(2)5-6-14/h3-4,7,9H,5-6,14H2,1-2H3,(H,15,16). The van der Waals surface area contributed by atoms with Gasteiger partial charge in [-0.3, -0.25) is 4.79 Å². The normalized spacial score (nSPS) is 12.2. The summed E-state index contributed by atoms with van der Waals surface area (Å²) in [7, 11) is 0. The largest absolute Gasteiger partial charge is 0.350 e. The maximum Gasteiger partial charge on any atom is 0.251 e. The molecule has 1 rings (SSSR count). The summed E-state index contributed by atoms with van der Waals surface area (Å²) >= 11 is 0. The lowest BCUT2D eigenvalue weighted by atomic mass is 10.1. The molecule has 1 atom stereocenters. The highest BCUT2D eigenvalue weighted by Gasteiger charge is 2.10. The number of nitrogens with two attached hydrogens (primary N) is 1. The highest BCUT2D eigenvalue weighted by molar-refractivity contribution is 5.94. The maximum absolute atomic E-state index is 13.0. The molecule has 0 spiro atoms. The van der Waals surface area contributed by atoms with Gasteiger partial charge in [-0.15, -0.1) is 0 Å². The molecule has 0 aliphatic carbocycles. The Morgan fingerprint density at radius 2 is 2.25 bits per heavy atom. The van der Waals surface area contributed by atoms with Crippen molar-refractivity contribution in [2.45, 2.75) is 26.3 Å². The Balaban J connectivity index is 2.69. The van der Waals surface area contributed by atoms with Crippen molar-refractivity contribution in [3.05, 3.63) is 35.1 Å². The second-order valence-electron chi connectivity index (χ2n) is 3.92. The number of aryl methyl sites for hydroxylation is 1. The molecule has 88 valence electrons. The van der Waals surface area contributed by atoms with E-state index >= 15 is 0 Å². The second kappa shape index (κ2) is 5.61. The first-order chi connectivity index (χ1) is 7.54. The molecule has 0 heterocycles. The van der Waals surface area contributed by atoms with Crippen molar-refractivity contribution in [2.24, 2.45) is 5.73 Å². The molecule has 3 N–H and O–H groups in total. The van der Waals surface area contributed by atoms with Crippen LogP contribution in [0.5, 0.6) is 0 Å². The van der Waals surface area contributed by atoms with E-state index in [1.807, 2.05) is 6.92 Å². The Kier molecular flexibility index (Phi) is 4.43. The monoisotopic (exact) mass is 224 g/mol. The summed E-state index contributed by atoms with van der Waals surface area (Å²) in [5.41, 5.74) is 6.33. The predicted molar refractivity (Wildman–Crippen MR) is 61.7 cm³/mol. The summed E-state index contributed by atoms with van der Waals surface area (Å²) in [5, 5.41) is 2.80. The zero-order valence-corrected chi connectivity index (χ0v) is 9.59. The number of benzene rings is 1. The van der Waals surface area contributed by atoms with Crippen LogP contribution in [0.15, 0.2) is 18.2 Å². The van der Waals surface area contributed by atoms with Gasteiger partial charge in [0.2, 0.25) is 0 Å². The molecule has 0 aliphatic heterocycles. The molecule has 0 radical (unpaired) electrons. The van der Waals surface area contributed by atoms with Gasteiger partial charge in [-0.05, 0) is 50.6 Å². The first-order valence-corrected chi connectivity index (χ1v) is 5.31. The van der Waals surface area contributed by atoms with Crippen molar-refractivity contribution >= 4 is 5.91 Å². The third-order valence-electron chi connectivity index (χ3n) is 2.40. The highest BCUT2D eigenvalue weighted by atomic mass is 19.1. The van der Waals surface area contributed by atoms with Gasteiger partial charge in [0.1, 0.15) is 5.82 Å². The van der Waals surface area contributed by atoms with Gasteiger partial charge in [0.25, 0.3) is 5.91 Å². The van der Waals surface area contributed by atoms with Gasteiger partial charge in [0.05, 0.1) is 0 Å². The van der Waals surface area contributed by atoms with Crippen LogP contribution in [0.4, 0.5) is 4.39 Å². The summed E-state index contributed by atoms with van der Waals surface area (Å²) in [6, 6.07) is 4.35. The van der Waals surface area contributed by atoms with Gasteiger partial charge < -0.3 is 11.1 Å². The third kappa shape index (κ3) is 3.31. The molecular formula is C12H17FN2O. The fourth-order valence-corrected chi connectivity index (χ4v) is 1.42. The lowest BCUT2D eigenvalue weighted by molar-refractivity contribution is 0.0939. The second-order valence-corrected chi connectivity index (χ2v) is 3.92. The van der Waals surface area contributed by atoms with Crippen LogP contribution in [0.25, 0.3) is 0 Å². The van der Waals surface area contributed by atoms with Gasteiger partial charge in [-0.25, -0.2) is 4.39 Å². The van der Waals surface area contributed by atoms with Crippen molar-refractivity contribution in [3.8, 4) is 0 Å². The summed E-state index contributed by atoms with van der Waals surface area (Å²) in [5.74, 6) is -0.490. The molecule has 3 nitrogen and oxygen atoms in total. The number of carbonyl (C=O) groups is 1. The zero-order valence-electron chi connectivity index (χ0n) is 9.59. The maximum atomic E-state index is 13.0. The average Bonchev–Trinajstić information content (AvgIpc) is 2.22. The van der Waals surface area contributed by atoms with E-state index in [0.29, 0.717) is 17.7 Å². The summed E-state index contributed by atoms with van der Waals surface area (Å²) in [6.45, 7) is 4.06. The van der Waals surface area contributed by atoms with E-state index in [1.165, 1.54) is 12.1 Å². The van der Waals surface area contributed by atoms with E-state index in [2.05, 4.69) is 5.32 Å². The number of hydrogen-bond acceptors (Lipinski definition) is 2. The Hall–Kier alpha value is -1.42. The quantitative estimate of drug-likeness (QED) is 0.816. The van der Waals surface area contributed by atoms with Crippen LogP contribution in [0, 0.1) is 12.7 Å².